The smallest absolute Gasteiger partial charge is 0.272 e. The van der Waals surface area contributed by atoms with Crippen molar-refractivity contribution in [3.05, 3.63) is 94.4 Å². The van der Waals surface area contributed by atoms with Crippen molar-refractivity contribution in [1.29, 1.82) is 0 Å². The summed E-state index contributed by atoms with van der Waals surface area (Å²) in [5.41, 5.74) is 2.84. The van der Waals surface area contributed by atoms with Gasteiger partial charge in [0.1, 0.15) is 5.69 Å². The van der Waals surface area contributed by atoms with Crippen LogP contribution in [0.15, 0.2) is 78.3 Å². The minimum absolute atomic E-state index is 0.207. The average Bonchev–Trinajstić information content (AvgIpc) is 3.20. The van der Waals surface area contributed by atoms with Crippen LogP contribution in [-0.2, 0) is 0 Å². The molecule has 0 fully saturated rings. The van der Waals surface area contributed by atoms with Crippen LogP contribution in [0, 0.1) is 0 Å². The van der Waals surface area contributed by atoms with E-state index in [1.165, 1.54) is 6.20 Å². The van der Waals surface area contributed by atoms with Crippen LogP contribution in [0.3, 0.4) is 0 Å². The summed E-state index contributed by atoms with van der Waals surface area (Å²) in [6, 6.07) is 21.2. The molecule has 0 aliphatic carbocycles. The van der Waals surface area contributed by atoms with Crippen molar-refractivity contribution < 1.29 is 4.79 Å². The second kappa shape index (κ2) is 6.83. The van der Waals surface area contributed by atoms with E-state index in [0.717, 1.165) is 16.0 Å². The number of fused-ring (bicyclic) bond motifs is 1. The molecule has 1 N–H and O–H groups in total. The number of para-hydroxylation sites is 2. The van der Waals surface area contributed by atoms with Gasteiger partial charge in [-0.2, -0.15) is 0 Å². The predicted octanol–water partition coefficient (Wildman–Crippen LogP) is 4.21. The molecular formula is C20H15N3OS. The molecule has 1 amide bonds. The van der Waals surface area contributed by atoms with Crippen LogP contribution in [0.5, 0.6) is 0 Å². The molecule has 2 heterocycles. The molecule has 0 aliphatic rings. The number of aromatic nitrogens is 2. The molecule has 0 saturated carbocycles. The van der Waals surface area contributed by atoms with Crippen LogP contribution < -0.4 is 5.32 Å². The third kappa shape index (κ3) is 3.27. The number of carbonyl (C=O) groups is 1. The quantitative estimate of drug-likeness (QED) is 0.603. The molecule has 4 aromatic rings. The van der Waals surface area contributed by atoms with Gasteiger partial charge in [0.2, 0.25) is 0 Å². The number of nitrogens with zero attached hydrogens (tertiary/aromatic N) is 2. The molecule has 2 aromatic carbocycles. The third-order valence-corrected chi connectivity index (χ3v) is 4.85. The van der Waals surface area contributed by atoms with Crippen molar-refractivity contribution >= 4 is 28.3 Å². The molecule has 25 heavy (non-hydrogen) atoms. The lowest BCUT2D eigenvalue weighted by Crippen LogP contribution is -2.29. The topological polar surface area (TPSA) is 54.9 Å². The molecule has 4 nitrogen and oxygen atoms in total. The Morgan fingerprint density at radius 3 is 2.44 bits per heavy atom. The summed E-state index contributed by atoms with van der Waals surface area (Å²) in [5.74, 6) is -0.236. The summed E-state index contributed by atoms with van der Waals surface area (Å²) < 4.78 is 0. The lowest BCUT2D eigenvalue weighted by Gasteiger charge is -2.18. The van der Waals surface area contributed by atoms with Crippen molar-refractivity contribution in [1.82, 2.24) is 15.3 Å². The Hall–Kier alpha value is -3.05. The van der Waals surface area contributed by atoms with Crippen LogP contribution in [-0.4, -0.2) is 15.9 Å². The lowest BCUT2D eigenvalue weighted by atomic mass is 10.1. The number of carbonyl (C=O) groups excluding carboxylic acids is 1. The molecule has 0 unspecified atom stereocenters. The van der Waals surface area contributed by atoms with Gasteiger partial charge in [-0.05, 0) is 29.1 Å². The second-order valence-corrected chi connectivity index (χ2v) is 6.56. The Morgan fingerprint density at radius 1 is 0.920 bits per heavy atom. The number of nitrogens with one attached hydrogen (secondary N) is 1. The van der Waals surface area contributed by atoms with E-state index in [1.807, 2.05) is 72.1 Å². The van der Waals surface area contributed by atoms with E-state index in [-0.39, 0.29) is 11.9 Å². The van der Waals surface area contributed by atoms with E-state index >= 15 is 0 Å². The van der Waals surface area contributed by atoms with Gasteiger partial charge in [0.05, 0.1) is 23.3 Å². The van der Waals surface area contributed by atoms with E-state index in [2.05, 4.69) is 15.3 Å². The Balaban J connectivity index is 1.66. The SMILES string of the molecule is O=C(N[C@H](c1ccccc1)c1cccs1)c1cnc2ccccc2n1. The van der Waals surface area contributed by atoms with Gasteiger partial charge in [0.25, 0.3) is 5.91 Å². The van der Waals surface area contributed by atoms with E-state index < -0.39 is 0 Å². The van der Waals surface area contributed by atoms with Gasteiger partial charge < -0.3 is 5.32 Å². The van der Waals surface area contributed by atoms with Crippen LogP contribution >= 0.6 is 11.3 Å². The number of hydrogen-bond donors (Lipinski definition) is 1. The molecule has 5 heteroatoms. The predicted molar refractivity (Wildman–Crippen MR) is 99.6 cm³/mol. The minimum atomic E-state index is -0.236. The summed E-state index contributed by atoms with van der Waals surface area (Å²) in [6.07, 6.45) is 1.52. The average molecular weight is 345 g/mol. The maximum absolute atomic E-state index is 12.8. The van der Waals surface area contributed by atoms with Gasteiger partial charge in [0.15, 0.2) is 0 Å². The molecule has 1 atom stereocenters. The van der Waals surface area contributed by atoms with Crippen molar-refractivity contribution in [3.8, 4) is 0 Å². The summed E-state index contributed by atoms with van der Waals surface area (Å²) in [7, 11) is 0. The third-order valence-electron chi connectivity index (χ3n) is 3.92. The fraction of sp³-hybridized carbons (Fsp3) is 0.0500. The van der Waals surface area contributed by atoms with Gasteiger partial charge in [-0.25, -0.2) is 4.98 Å². The Kier molecular flexibility index (Phi) is 4.23. The molecule has 122 valence electrons. The molecule has 0 radical (unpaired) electrons. The van der Waals surface area contributed by atoms with Crippen LogP contribution in [0.1, 0.15) is 27.0 Å². The molecule has 0 aliphatic heterocycles. The van der Waals surface area contributed by atoms with Crippen molar-refractivity contribution in [2.24, 2.45) is 0 Å². The van der Waals surface area contributed by atoms with E-state index in [0.29, 0.717) is 11.2 Å². The summed E-state index contributed by atoms with van der Waals surface area (Å²) in [4.78, 5) is 22.6. The molecule has 2 aromatic heterocycles. The highest BCUT2D eigenvalue weighted by atomic mass is 32.1. The number of amides is 1. The molecular weight excluding hydrogens is 330 g/mol. The van der Waals surface area contributed by atoms with Gasteiger partial charge >= 0.3 is 0 Å². The summed E-state index contributed by atoms with van der Waals surface area (Å²) >= 11 is 1.61. The summed E-state index contributed by atoms with van der Waals surface area (Å²) in [5, 5.41) is 5.09. The first-order valence-corrected chi connectivity index (χ1v) is 8.80. The molecule has 0 bridgehead atoms. The maximum atomic E-state index is 12.8. The Morgan fingerprint density at radius 2 is 1.68 bits per heavy atom. The highest BCUT2D eigenvalue weighted by Crippen LogP contribution is 2.26. The normalized spacial score (nSPS) is 12.0. The zero-order valence-corrected chi connectivity index (χ0v) is 14.1. The van der Waals surface area contributed by atoms with E-state index in [9.17, 15) is 4.79 Å². The highest BCUT2D eigenvalue weighted by molar-refractivity contribution is 7.10. The fourth-order valence-electron chi connectivity index (χ4n) is 2.69. The summed E-state index contributed by atoms with van der Waals surface area (Å²) in [6.45, 7) is 0. The van der Waals surface area contributed by atoms with Crippen LogP contribution in [0.25, 0.3) is 11.0 Å². The Labute approximate surface area is 149 Å². The van der Waals surface area contributed by atoms with Gasteiger partial charge in [-0.1, -0.05) is 48.5 Å². The molecule has 4 rings (SSSR count). The first kappa shape index (κ1) is 15.5. The highest BCUT2D eigenvalue weighted by Gasteiger charge is 2.19. The maximum Gasteiger partial charge on any atom is 0.272 e. The van der Waals surface area contributed by atoms with Crippen molar-refractivity contribution in [2.45, 2.75) is 6.04 Å². The number of benzene rings is 2. The first-order chi connectivity index (χ1) is 12.3. The van der Waals surface area contributed by atoms with E-state index in [1.54, 1.807) is 11.3 Å². The standard InChI is InChI=1S/C20H15N3OS/c24-20(17-13-21-15-9-4-5-10-16(15)22-17)23-19(18-11-6-12-25-18)14-7-2-1-3-8-14/h1-13,19H,(H,23,24)/t19-/m1/s1. The second-order valence-electron chi connectivity index (χ2n) is 5.58. The van der Waals surface area contributed by atoms with Crippen molar-refractivity contribution in [2.75, 3.05) is 0 Å². The zero-order valence-electron chi connectivity index (χ0n) is 13.3. The molecule has 0 spiro atoms. The lowest BCUT2D eigenvalue weighted by molar-refractivity contribution is 0.0938. The number of rotatable bonds is 4. The van der Waals surface area contributed by atoms with Crippen molar-refractivity contribution in [3.63, 3.8) is 0 Å². The van der Waals surface area contributed by atoms with E-state index in [4.69, 9.17) is 0 Å². The monoisotopic (exact) mass is 345 g/mol. The Bertz CT molecular complexity index is 1000. The number of thiophene rings is 1. The van der Waals surface area contributed by atoms with Crippen LogP contribution in [0.2, 0.25) is 0 Å². The fourth-order valence-corrected chi connectivity index (χ4v) is 3.49. The largest absolute Gasteiger partial charge is 0.339 e. The van der Waals surface area contributed by atoms with Gasteiger partial charge in [0, 0.05) is 4.88 Å². The number of hydrogen-bond acceptors (Lipinski definition) is 4. The van der Waals surface area contributed by atoms with Crippen LogP contribution in [0.4, 0.5) is 0 Å². The molecule has 0 saturated heterocycles. The minimum Gasteiger partial charge on any atom is -0.339 e. The van der Waals surface area contributed by atoms with Gasteiger partial charge in [-0.3, -0.25) is 9.78 Å². The zero-order chi connectivity index (χ0) is 17.1. The first-order valence-electron chi connectivity index (χ1n) is 7.92. The van der Waals surface area contributed by atoms with Gasteiger partial charge in [-0.15, -0.1) is 11.3 Å².